The van der Waals surface area contributed by atoms with Crippen molar-refractivity contribution in [3.63, 3.8) is 0 Å². The molecule has 0 fully saturated rings. The zero-order chi connectivity index (χ0) is 28.4. The van der Waals surface area contributed by atoms with E-state index in [0.29, 0.717) is 11.8 Å². The van der Waals surface area contributed by atoms with Crippen molar-refractivity contribution in [3.8, 4) is 5.69 Å². The van der Waals surface area contributed by atoms with Gasteiger partial charge in [0.25, 0.3) is 0 Å². The van der Waals surface area contributed by atoms with Crippen LogP contribution >= 0.6 is 0 Å². The molecule has 1 aliphatic rings. The predicted molar refractivity (Wildman–Crippen MR) is 181 cm³/mol. The minimum absolute atomic E-state index is 0.330. The number of allylic oxidation sites excluding steroid dienone is 7. The Morgan fingerprint density at radius 3 is 1.95 bits per heavy atom. The zero-order valence-corrected chi connectivity index (χ0v) is 24.0. The third-order valence-corrected chi connectivity index (χ3v) is 9.20. The molecule has 2 unspecified atom stereocenters. The lowest BCUT2D eigenvalue weighted by atomic mass is 9.82. The first-order valence-electron chi connectivity index (χ1n) is 14.8. The van der Waals surface area contributed by atoms with Gasteiger partial charge in [-0.1, -0.05) is 111 Å². The Kier molecular flexibility index (Phi) is 5.58. The van der Waals surface area contributed by atoms with Crippen LogP contribution in [0.1, 0.15) is 13.8 Å². The van der Waals surface area contributed by atoms with Crippen LogP contribution in [0.2, 0.25) is 0 Å². The van der Waals surface area contributed by atoms with Crippen LogP contribution in [-0.4, -0.2) is 9.13 Å². The Morgan fingerprint density at radius 1 is 0.643 bits per heavy atom. The van der Waals surface area contributed by atoms with Crippen LogP contribution in [0.15, 0.2) is 146 Å². The number of aromatic nitrogens is 2. The van der Waals surface area contributed by atoms with Gasteiger partial charge in [0.2, 0.25) is 0 Å². The number of benzene rings is 5. The molecule has 2 heteroatoms. The smallest absolute Gasteiger partial charge is 0.0549 e. The quantitative estimate of drug-likeness (QED) is 0.197. The number of fused-ring (bicyclic) bond motifs is 7. The molecule has 0 saturated heterocycles. The maximum Gasteiger partial charge on any atom is 0.0549 e. The van der Waals surface area contributed by atoms with E-state index in [9.17, 15) is 0 Å². The molecule has 2 aromatic heterocycles. The van der Waals surface area contributed by atoms with Gasteiger partial charge in [0.05, 0.1) is 27.8 Å². The monoisotopic (exact) mass is 540 g/mol. The highest BCUT2D eigenvalue weighted by atomic mass is 15.0. The molecule has 2 nitrogen and oxygen atoms in total. The largest absolute Gasteiger partial charge is 0.309 e. The summed E-state index contributed by atoms with van der Waals surface area (Å²) in [5, 5.41) is 7.59. The van der Waals surface area contributed by atoms with Crippen molar-refractivity contribution < 1.29 is 0 Å². The van der Waals surface area contributed by atoms with Gasteiger partial charge in [0.15, 0.2) is 0 Å². The molecule has 8 rings (SSSR count). The number of para-hydroxylation sites is 2. The van der Waals surface area contributed by atoms with Crippen molar-refractivity contribution in [2.24, 2.45) is 11.8 Å². The Morgan fingerprint density at radius 2 is 1.24 bits per heavy atom. The van der Waals surface area contributed by atoms with Gasteiger partial charge in [0.1, 0.15) is 0 Å². The van der Waals surface area contributed by atoms with Crippen LogP contribution in [0.4, 0.5) is 0 Å². The minimum Gasteiger partial charge on any atom is -0.309 e. The van der Waals surface area contributed by atoms with Gasteiger partial charge in [-0.3, -0.25) is 0 Å². The Bertz CT molecular complexity index is 2290. The maximum atomic E-state index is 3.91. The normalized spacial score (nSPS) is 17.6. The molecule has 0 amide bonds. The predicted octanol–water partition coefficient (Wildman–Crippen LogP) is 10.8. The van der Waals surface area contributed by atoms with Crippen molar-refractivity contribution in [2.45, 2.75) is 13.8 Å². The van der Waals surface area contributed by atoms with Gasteiger partial charge < -0.3 is 9.13 Å². The van der Waals surface area contributed by atoms with E-state index >= 15 is 0 Å². The second kappa shape index (κ2) is 9.49. The van der Waals surface area contributed by atoms with E-state index in [4.69, 9.17) is 0 Å². The molecule has 2 heterocycles. The summed E-state index contributed by atoms with van der Waals surface area (Å²) in [7, 11) is 0. The van der Waals surface area contributed by atoms with E-state index in [0.717, 1.165) is 0 Å². The Labute approximate surface area is 245 Å². The average Bonchev–Trinajstić information content (AvgIpc) is 3.52. The van der Waals surface area contributed by atoms with Crippen LogP contribution in [0.5, 0.6) is 0 Å². The molecule has 2 atom stereocenters. The second-order valence-corrected chi connectivity index (χ2v) is 11.5. The molecular formula is C40H32N2. The highest BCUT2D eigenvalue weighted by molar-refractivity contribution is 6.20. The number of nitrogens with zero attached hydrogens (tertiary/aromatic N) is 2. The number of hydrogen-bond acceptors (Lipinski definition) is 0. The molecule has 0 spiro atoms. The fourth-order valence-corrected chi connectivity index (χ4v) is 7.18. The lowest BCUT2D eigenvalue weighted by Gasteiger charge is -2.27. The lowest BCUT2D eigenvalue weighted by Crippen LogP contribution is -2.15. The SMILES string of the molecule is C=C/C=C\C1C(C)=C(n2c3ccccc3c3cc4c(cc32)c2ccccc2n4-c2cccc3ccccc23)C=CC1C. The summed E-state index contributed by atoms with van der Waals surface area (Å²) in [4.78, 5) is 0. The summed E-state index contributed by atoms with van der Waals surface area (Å²) in [6.07, 6.45) is 10.9. The van der Waals surface area contributed by atoms with Gasteiger partial charge in [-0.2, -0.15) is 0 Å². The van der Waals surface area contributed by atoms with E-state index in [1.807, 2.05) is 6.08 Å². The summed E-state index contributed by atoms with van der Waals surface area (Å²) in [5.41, 5.74) is 8.78. The molecule has 0 N–H and O–H groups in total. The molecule has 7 aromatic rings. The van der Waals surface area contributed by atoms with Gasteiger partial charge in [0, 0.05) is 38.5 Å². The minimum atomic E-state index is 0.330. The van der Waals surface area contributed by atoms with E-state index in [1.54, 1.807) is 0 Å². The van der Waals surface area contributed by atoms with Gasteiger partial charge >= 0.3 is 0 Å². The maximum absolute atomic E-state index is 3.91. The molecule has 0 radical (unpaired) electrons. The van der Waals surface area contributed by atoms with Crippen LogP contribution in [0.25, 0.3) is 65.8 Å². The van der Waals surface area contributed by atoms with Crippen molar-refractivity contribution >= 4 is 60.1 Å². The van der Waals surface area contributed by atoms with Crippen molar-refractivity contribution in [3.05, 3.63) is 146 Å². The van der Waals surface area contributed by atoms with Crippen LogP contribution in [0, 0.1) is 11.8 Å². The molecule has 5 aromatic carbocycles. The number of rotatable bonds is 4. The van der Waals surface area contributed by atoms with Crippen molar-refractivity contribution in [2.75, 3.05) is 0 Å². The lowest BCUT2D eigenvalue weighted by molar-refractivity contribution is 0.575. The first kappa shape index (κ1) is 24.7. The highest BCUT2D eigenvalue weighted by Crippen LogP contribution is 2.42. The summed E-state index contributed by atoms with van der Waals surface area (Å²) in [6.45, 7) is 8.50. The van der Waals surface area contributed by atoms with E-state index in [2.05, 4.69) is 157 Å². The highest BCUT2D eigenvalue weighted by Gasteiger charge is 2.25. The molecule has 202 valence electrons. The molecule has 0 aliphatic heterocycles. The van der Waals surface area contributed by atoms with Crippen LogP contribution in [0.3, 0.4) is 0 Å². The fraction of sp³-hybridized carbons (Fsp3) is 0.100. The molecule has 1 aliphatic carbocycles. The van der Waals surface area contributed by atoms with Crippen LogP contribution in [-0.2, 0) is 0 Å². The van der Waals surface area contributed by atoms with E-state index in [1.165, 1.54) is 71.3 Å². The average molecular weight is 541 g/mol. The first-order valence-corrected chi connectivity index (χ1v) is 14.8. The fourth-order valence-electron chi connectivity index (χ4n) is 7.18. The third-order valence-electron chi connectivity index (χ3n) is 9.20. The summed E-state index contributed by atoms with van der Waals surface area (Å²) in [6, 6.07) is 37.8. The van der Waals surface area contributed by atoms with E-state index in [-0.39, 0.29) is 0 Å². The zero-order valence-electron chi connectivity index (χ0n) is 24.0. The molecule has 0 saturated carbocycles. The standard InChI is InChI=1S/C40H32N2/c1-4-5-15-29-26(2)22-23-35(27(29)3)41-37-19-10-8-17-31(37)33-25-40-34(24-39(33)41)32-18-9-11-20-38(32)42(40)36-21-12-14-28-13-6-7-16-30(28)36/h4-26,29H,1H2,2-3H3/b15-5-. The van der Waals surface area contributed by atoms with E-state index < -0.39 is 0 Å². The van der Waals surface area contributed by atoms with Gasteiger partial charge in [-0.05, 0) is 60.2 Å². The Balaban J connectivity index is 1.50. The van der Waals surface area contributed by atoms with Gasteiger partial charge in [-0.25, -0.2) is 0 Å². The summed E-state index contributed by atoms with van der Waals surface area (Å²) < 4.78 is 4.95. The molecule has 42 heavy (non-hydrogen) atoms. The Hall–Kier alpha value is -5.08. The third kappa shape index (κ3) is 3.51. The van der Waals surface area contributed by atoms with Crippen molar-refractivity contribution in [1.82, 2.24) is 9.13 Å². The van der Waals surface area contributed by atoms with Crippen LogP contribution < -0.4 is 0 Å². The topological polar surface area (TPSA) is 9.86 Å². The number of hydrogen-bond donors (Lipinski definition) is 0. The summed E-state index contributed by atoms with van der Waals surface area (Å²) in [5.74, 6) is 0.764. The van der Waals surface area contributed by atoms with Gasteiger partial charge in [-0.15, -0.1) is 0 Å². The molecular weight excluding hydrogens is 508 g/mol. The molecule has 0 bridgehead atoms. The first-order chi connectivity index (χ1) is 20.7. The van der Waals surface area contributed by atoms with Crippen molar-refractivity contribution in [1.29, 1.82) is 0 Å². The second-order valence-electron chi connectivity index (χ2n) is 11.5. The summed E-state index contributed by atoms with van der Waals surface area (Å²) >= 11 is 0.